The lowest BCUT2D eigenvalue weighted by Crippen LogP contribution is -2.40. The third-order valence-electron chi connectivity index (χ3n) is 2.07. The van der Waals surface area contributed by atoms with Crippen LogP contribution in [0.25, 0.3) is 0 Å². The fourth-order valence-electron chi connectivity index (χ4n) is 1.24. The van der Waals surface area contributed by atoms with Crippen LogP contribution >= 0.6 is 0 Å². The van der Waals surface area contributed by atoms with E-state index in [0.717, 1.165) is 19.5 Å². The maximum atomic E-state index is 5.87. The Hall–Kier alpha value is -0.0800. The van der Waals surface area contributed by atoms with Crippen LogP contribution < -0.4 is 5.32 Å². The molecule has 0 aromatic heterocycles. The van der Waals surface area contributed by atoms with E-state index in [-0.39, 0.29) is 5.60 Å². The summed E-state index contributed by atoms with van der Waals surface area (Å²) < 4.78 is 5.87. The number of nitrogens with one attached hydrogen (secondary N) is 1. The highest BCUT2D eigenvalue weighted by Gasteiger charge is 2.19. The van der Waals surface area contributed by atoms with Gasteiger partial charge in [-0.25, -0.2) is 0 Å². The molecule has 80 valence electrons. The Labute approximate surface area is 83.1 Å². The maximum Gasteiger partial charge on any atom is 0.0753 e. The highest BCUT2D eigenvalue weighted by molar-refractivity contribution is 4.73. The minimum Gasteiger partial charge on any atom is -0.371 e. The molecule has 0 aliphatic carbocycles. The molecule has 2 nitrogen and oxygen atoms in total. The summed E-state index contributed by atoms with van der Waals surface area (Å²) in [5.41, 5.74) is -0.0371. The average Bonchev–Trinajstić information content (AvgIpc) is 2.03. The van der Waals surface area contributed by atoms with Crippen LogP contribution in [0.15, 0.2) is 0 Å². The second-order valence-electron chi connectivity index (χ2n) is 4.27. The van der Waals surface area contributed by atoms with Gasteiger partial charge in [-0.05, 0) is 40.2 Å². The SMILES string of the molecule is CCCNCC(C)(C)OC(C)CC. The van der Waals surface area contributed by atoms with Crippen molar-refractivity contribution in [3.05, 3.63) is 0 Å². The molecule has 13 heavy (non-hydrogen) atoms. The normalized spacial score (nSPS) is 14.5. The molecule has 0 fully saturated rings. The monoisotopic (exact) mass is 187 g/mol. The van der Waals surface area contributed by atoms with E-state index >= 15 is 0 Å². The van der Waals surface area contributed by atoms with Crippen LogP contribution in [-0.4, -0.2) is 24.8 Å². The lowest BCUT2D eigenvalue weighted by Gasteiger charge is -2.29. The van der Waals surface area contributed by atoms with Gasteiger partial charge in [0, 0.05) is 6.54 Å². The molecule has 0 amide bonds. The minimum atomic E-state index is -0.0371. The molecule has 0 heterocycles. The number of ether oxygens (including phenoxy) is 1. The molecule has 1 atom stereocenters. The molecule has 0 rings (SSSR count). The van der Waals surface area contributed by atoms with Gasteiger partial charge in [0.25, 0.3) is 0 Å². The third-order valence-corrected chi connectivity index (χ3v) is 2.07. The summed E-state index contributed by atoms with van der Waals surface area (Å²) in [4.78, 5) is 0. The van der Waals surface area contributed by atoms with Gasteiger partial charge in [0.15, 0.2) is 0 Å². The average molecular weight is 187 g/mol. The predicted molar refractivity (Wildman–Crippen MR) is 58.1 cm³/mol. The van der Waals surface area contributed by atoms with Crippen molar-refractivity contribution in [2.75, 3.05) is 13.1 Å². The Morgan fingerprint density at radius 2 is 1.92 bits per heavy atom. The summed E-state index contributed by atoms with van der Waals surface area (Å²) in [6.07, 6.45) is 2.62. The molecule has 0 aromatic carbocycles. The smallest absolute Gasteiger partial charge is 0.0753 e. The van der Waals surface area contributed by atoms with Crippen LogP contribution in [0, 0.1) is 0 Å². The van der Waals surface area contributed by atoms with Gasteiger partial charge in [0.1, 0.15) is 0 Å². The maximum absolute atomic E-state index is 5.87. The van der Waals surface area contributed by atoms with E-state index in [4.69, 9.17) is 4.74 Å². The summed E-state index contributed by atoms with van der Waals surface area (Å²) in [5, 5.41) is 3.38. The zero-order valence-electron chi connectivity index (χ0n) is 9.81. The Balaban J connectivity index is 3.65. The first-order valence-electron chi connectivity index (χ1n) is 5.40. The van der Waals surface area contributed by atoms with Crippen molar-refractivity contribution >= 4 is 0 Å². The fraction of sp³-hybridized carbons (Fsp3) is 1.00. The number of rotatable bonds is 7. The van der Waals surface area contributed by atoms with E-state index in [1.807, 2.05) is 0 Å². The summed E-state index contributed by atoms with van der Waals surface area (Å²) in [6, 6.07) is 0. The van der Waals surface area contributed by atoms with Crippen LogP contribution in [0.4, 0.5) is 0 Å². The summed E-state index contributed by atoms with van der Waals surface area (Å²) in [7, 11) is 0. The molecule has 2 heteroatoms. The van der Waals surface area contributed by atoms with Crippen LogP contribution in [0.3, 0.4) is 0 Å². The number of hydrogen-bond acceptors (Lipinski definition) is 2. The molecule has 1 N–H and O–H groups in total. The van der Waals surface area contributed by atoms with Crippen LogP contribution in [-0.2, 0) is 4.74 Å². The predicted octanol–water partition coefficient (Wildman–Crippen LogP) is 2.58. The third kappa shape index (κ3) is 7.03. The van der Waals surface area contributed by atoms with Gasteiger partial charge in [-0.3, -0.25) is 0 Å². The highest BCUT2D eigenvalue weighted by Crippen LogP contribution is 2.12. The Morgan fingerprint density at radius 3 is 2.38 bits per heavy atom. The first kappa shape index (κ1) is 12.9. The minimum absolute atomic E-state index is 0.0371. The zero-order chi connectivity index (χ0) is 10.3. The second-order valence-corrected chi connectivity index (χ2v) is 4.27. The molecule has 0 aliphatic rings. The van der Waals surface area contributed by atoms with Gasteiger partial charge in [-0.2, -0.15) is 0 Å². The van der Waals surface area contributed by atoms with Crippen molar-refractivity contribution < 1.29 is 4.74 Å². The summed E-state index contributed by atoms with van der Waals surface area (Å²) in [6.45, 7) is 12.7. The van der Waals surface area contributed by atoms with Gasteiger partial charge in [-0.1, -0.05) is 13.8 Å². The standard InChI is InChI=1S/C11H25NO/c1-6-8-12-9-11(4,5)13-10(3)7-2/h10,12H,6-9H2,1-5H3. The Kier molecular flexibility index (Phi) is 6.35. The quantitative estimate of drug-likeness (QED) is 0.619. The topological polar surface area (TPSA) is 21.3 Å². The van der Waals surface area contributed by atoms with Gasteiger partial charge < -0.3 is 10.1 Å². The molecule has 0 aromatic rings. The Morgan fingerprint density at radius 1 is 1.31 bits per heavy atom. The van der Waals surface area contributed by atoms with Gasteiger partial charge >= 0.3 is 0 Å². The molecule has 0 radical (unpaired) electrons. The highest BCUT2D eigenvalue weighted by atomic mass is 16.5. The van der Waals surface area contributed by atoms with Gasteiger partial charge in [-0.15, -0.1) is 0 Å². The van der Waals surface area contributed by atoms with Crippen molar-refractivity contribution in [2.45, 2.75) is 59.2 Å². The first-order valence-corrected chi connectivity index (χ1v) is 5.40. The van der Waals surface area contributed by atoms with Crippen LogP contribution in [0.5, 0.6) is 0 Å². The number of hydrogen-bond donors (Lipinski definition) is 1. The van der Waals surface area contributed by atoms with Crippen molar-refractivity contribution in [1.82, 2.24) is 5.32 Å². The molecule has 0 bridgehead atoms. The first-order chi connectivity index (χ1) is 6.02. The zero-order valence-corrected chi connectivity index (χ0v) is 9.81. The molecular weight excluding hydrogens is 162 g/mol. The molecule has 0 spiro atoms. The Bertz CT molecular complexity index is 123. The molecular formula is C11H25NO. The van der Waals surface area contributed by atoms with Crippen molar-refractivity contribution in [3.8, 4) is 0 Å². The van der Waals surface area contributed by atoms with E-state index < -0.39 is 0 Å². The fourth-order valence-corrected chi connectivity index (χ4v) is 1.24. The van der Waals surface area contributed by atoms with E-state index in [2.05, 4.69) is 39.9 Å². The van der Waals surface area contributed by atoms with E-state index in [9.17, 15) is 0 Å². The molecule has 1 unspecified atom stereocenters. The van der Waals surface area contributed by atoms with Gasteiger partial charge in [0.05, 0.1) is 11.7 Å². The van der Waals surface area contributed by atoms with Crippen molar-refractivity contribution in [3.63, 3.8) is 0 Å². The lowest BCUT2D eigenvalue weighted by atomic mass is 10.1. The van der Waals surface area contributed by atoms with Crippen molar-refractivity contribution in [1.29, 1.82) is 0 Å². The van der Waals surface area contributed by atoms with Gasteiger partial charge in [0.2, 0.25) is 0 Å². The second kappa shape index (κ2) is 6.39. The molecule has 0 saturated heterocycles. The van der Waals surface area contributed by atoms with E-state index in [1.165, 1.54) is 6.42 Å². The summed E-state index contributed by atoms with van der Waals surface area (Å²) >= 11 is 0. The summed E-state index contributed by atoms with van der Waals surface area (Å²) in [5.74, 6) is 0. The largest absolute Gasteiger partial charge is 0.371 e. The molecule has 0 aliphatic heterocycles. The lowest BCUT2D eigenvalue weighted by molar-refractivity contribution is -0.0627. The van der Waals surface area contributed by atoms with Crippen LogP contribution in [0.1, 0.15) is 47.5 Å². The van der Waals surface area contributed by atoms with Crippen LogP contribution in [0.2, 0.25) is 0 Å². The molecule has 0 saturated carbocycles. The van der Waals surface area contributed by atoms with Crippen molar-refractivity contribution in [2.24, 2.45) is 0 Å². The van der Waals surface area contributed by atoms with E-state index in [0.29, 0.717) is 6.10 Å². The van der Waals surface area contributed by atoms with E-state index in [1.54, 1.807) is 0 Å².